The lowest BCUT2D eigenvalue weighted by atomic mass is 10.1. The van der Waals surface area contributed by atoms with Gasteiger partial charge in [-0.15, -0.1) is 28.1 Å². The molecule has 1 N–H and O–H groups in total. The van der Waals surface area contributed by atoms with Crippen molar-refractivity contribution < 1.29 is 9.53 Å². The van der Waals surface area contributed by atoms with Crippen LogP contribution in [0.3, 0.4) is 0 Å². The van der Waals surface area contributed by atoms with Crippen LogP contribution in [0.2, 0.25) is 0 Å². The smallest absolute Gasteiger partial charge is 0.234 e. The highest BCUT2D eigenvalue weighted by Crippen LogP contribution is 2.31. The zero-order valence-corrected chi connectivity index (χ0v) is 22.8. The first-order valence-electron chi connectivity index (χ1n) is 12.1. The molecule has 0 fully saturated rings. The molecule has 0 saturated carbocycles. The van der Waals surface area contributed by atoms with Crippen molar-refractivity contribution in [3.8, 4) is 16.3 Å². The SMILES string of the molecule is C=CCn1c(Cc2ccc(OC)cc2)nnc1SCC(=O)Nc1ccc(-c2nc3ccc(C)cc3s2)cc1. The minimum Gasteiger partial charge on any atom is -0.497 e. The Balaban J connectivity index is 1.20. The van der Waals surface area contributed by atoms with Gasteiger partial charge < -0.3 is 14.6 Å². The van der Waals surface area contributed by atoms with Gasteiger partial charge in [0.05, 0.1) is 23.1 Å². The molecule has 0 aliphatic heterocycles. The molecule has 38 heavy (non-hydrogen) atoms. The summed E-state index contributed by atoms with van der Waals surface area (Å²) in [5, 5.41) is 13.3. The summed E-state index contributed by atoms with van der Waals surface area (Å²) in [5.74, 6) is 1.74. The fraction of sp³-hybridized carbons (Fsp3) is 0.172. The van der Waals surface area contributed by atoms with Gasteiger partial charge in [-0.25, -0.2) is 4.98 Å². The van der Waals surface area contributed by atoms with Crippen LogP contribution in [0.15, 0.2) is 84.5 Å². The normalized spacial score (nSPS) is 11.0. The largest absolute Gasteiger partial charge is 0.497 e. The molecule has 7 nitrogen and oxygen atoms in total. The van der Waals surface area contributed by atoms with Gasteiger partial charge in [-0.2, -0.15) is 0 Å². The van der Waals surface area contributed by atoms with E-state index in [0.29, 0.717) is 18.1 Å². The molecule has 0 unspecified atom stereocenters. The molecule has 0 aliphatic carbocycles. The van der Waals surface area contributed by atoms with Gasteiger partial charge in [-0.3, -0.25) is 4.79 Å². The third kappa shape index (κ3) is 5.95. The molecule has 0 radical (unpaired) electrons. The summed E-state index contributed by atoms with van der Waals surface area (Å²) in [5.41, 5.74) is 5.09. The number of nitrogens with one attached hydrogen (secondary N) is 1. The van der Waals surface area contributed by atoms with Crippen molar-refractivity contribution in [3.63, 3.8) is 0 Å². The standard InChI is InChI=1S/C29H27N5O2S2/c1-4-15-34-26(17-20-6-12-23(36-3)13-7-20)32-33-29(34)37-18-27(35)30-22-10-8-21(9-11-22)28-31-24-14-5-19(2)16-25(24)38-28/h4-14,16H,1,15,17-18H2,2-3H3,(H,30,35). The Morgan fingerprint density at radius 1 is 1.11 bits per heavy atom. The molecule has 5 rings (SSSR count). The third-order valence-electron chi connectivity index (χ3n) is 5.92. The van der Waals surface area contributed by atoms with Crippen LogP contribution < -0.4 is 10.1 Å². The number of benzene rings is 3. The summed E-state index contributed by atoms with van der Waals surface area (Å²) in [6.07, 6.45) is 2.43. The molecule has 0 saturated heterocycles. The summed E-state index contributed by atoms with van der Waals surface area (Å²) in [7, 11) is 1.65. The highest BCUT2D eigenvalue weighted by Gasteiger charge is 2.15. The van der Waals surface area contributed by atoms with Crippen LogP contribution in [-0.2, 0) is 17.8 Å². The first kappa shape index (κ1) is 25.7. The molecule has 0 atom stereocenters. The van der Waals surface area contributed by atoms with E-state index in [1.165, 1.54) is 22.0 Å². The van der Waals surface area contributed by atoms with Crippen LogP contribution in [0.1, 0.15) is 17.0 Å². The lowest BCUT2D eigenvalue weighted by molar-refractivity contribution is -0.113. The van der Waals surface area contributed by atoms with Crippen LogP contribution in [-0.4, -0.2) is 38.5 Å². The lowest BCUT2D eigenvalue weighted by Crippen LogP contribution is -2.14. The molecule has 0 bridgehead atoms. The predicted molar refractivity (Wildman–Crippen MR) is 155 cm³/mol. The summed E-state index contributed by atoms with van der Waals surface area (Å²) in [4.78, 5) is 17.4. The number of fused-ring (bicyclic) bond motifs is 1. The second kappa shape index (κ2) is 11.6. The van der Waals surface area contributed by atoms with Crippen molar-refractivity contribution in [2.75, 3.05) is 18.2 Å². The molecule has 2 heterocycles. The number of carbonyl (C=O) groups excluding carboxylic acids is 1. The van der Waals surface area contributed by atoms with Crippen LogP contribution in [0.5, 0.6) is 5.75 Å². The van der Waals surface area contributed by atoms with E-state index in [-0.39, 0.29) is 11.7 Å². The predicted octanol–water partition coefficient (Wildman–Crippen LogP) is 6.38. The Kier molecular flexibility index (Phi) is 7.86. The fourth-order valence-electron chi connectivity index (χ4n) is 3.97. The average molecular weight is 542 g/mol. The van der Waals surface area contributed by atoms with E-state index in [9.17, 15) is 4.79 Å². The molecule has 0 spiro atoms. The van der Waals surface area contributed by atoms with Gasteiger partial charge in [0, 0.05) is 24.2 Å². The molecular formula is C29H27N5O2S2. The first-order valence-corrected chi connectivity index (χ1v) is 13.9. The molecule has 0 aliphatic rings. The number of hydrogen-bond acceptors (Lipinski definition) is 7. The maximum absolute atomic E-state index is 12.7. The molecule has 192 valence electrons. The molecule has 2 aromatic heterocycles. The van der Waals surface area contributed by atoms with Crippen LogP contribution in [0.25, 0.3) is 20.8 Å². The summed E-state index contributed by atoms with van der Waals surface area (Å²) < 4.78 is 8.40. The van der Waals surface area contributed by atoms with E-state index in [4.69, 9.17) is 9.72 Å². The second-order valence-electron chi connectivity index (χ2n) is 8.73. The highest BCUT2D eigenvalue weighted by atomic mass is 32.2. The van der Waals surface area contributed by atoms with E-state index in [1.54, 1.807) is 24.5 Å². The summed E-state index contributed by atoms with van der Waals surface area (Å²) >= 11 is 3.03. The number of ether oxygens (including phenoxy) is 1. The molecule has 5 aromatic rings. The van der Waals surface area contributed by atoms with E-state index in [1.807, 2.05) is 53.1 Å². The second-order valence-corrected chi connectivity index (χ2v) is 10.7. The van der Waals surface area contributed by atoms with Crippen LogP contribution in [0.4, 0.5) is 5.69 Å². The topological polar surface area (TPSA) is 81.9 Å². The fourth-order valence-corrected chi connectivity index (χ4v) is 5.81. The van der Waals surface area contributed by atoms with E-state index < -0.39 is 0 Å². The van der Waals surface area contributed by atoms with Gasteiger partial charge in [-0.05, 0) is 66.6 Å². The number of carbonyl (C=O) groups is 1. The Bertz CT molecular complexity index is 1570. The number of hydrogen-bond donors (Lipinski definition) is 1. The number of methoxy groups -OCH3 is 1. The number of thiazole rings is 1. The van der Waals surface area contributed by atoms with Gasteiger partial charge in [0.25, 0.3) is 0 Å². The van der Waals surface area contributed by atoms with Crippen molar-refractivity contribution in [1.82, 2.24) is 19.7 Å². The van der Waals surface area contributed by atoms with Crippen LogP contribution >= 0.6 is 23.1 Å². The summed E-state index contributed by atoms with van der Waals surface area (Å²) in [6, 6.07) is 21.9. The minimum atomic E-state index is -0.108. The number of nitrogens with zero attached hydrogens (tertiary/aromatic N) is 4. The molecule has 1 amide bonds. The maximum Gasteiger partial charge on any atom is 0.234 e. The number of aromatic nitrogens is 4. The number of thioether (sulfide) groups is 1. The van der Waals surface area contributed by atoms with E-state index in [2.05, 4.69) is 47.2 Å². The number of aryl methyl sites for hydroxylation is 1. The van der Waals surface area contributed by atoms with Crippen molar-refractivity contribution in [1.29, 1.82) is 0 Å². The highest BCUT2D eigenvalue weighted by molar-refractivity contribution is 7.99. The first-order chi connectivity index (χ1) is 18.5. The Hall–Kier alpha value is -3.95. The third-order valence-corrected chi connectivity index (χ3v) is 7.95. The number of rotatable bonds is 10. The molecule has 3 aromatic carbocycles. The van der Waals surface area contributed by atoms with E-state index >= 15 is 0 Å². The lowest BCUT2D eigenvalue weighted by Gasteiger charge is -2.09. The molecule has 9 heteroatoms. The summed E-state index contributed by atoms with van der Waals surface area (Å²) in [6.45, 7) is 6.51. The van der Waals surface area contributed by atoms with Crippen molar-refractivity contribution >= 4 is 44.9 Å². The van der Waals surface area contributed by atoms with Crippen molar-refractivity contribution in [3.05, 3.63) is 96.3 Å². The van der Waals surface area contributed by atoms with Gasteiger partial charge in [0.1, 0.15) is 16.6 Å². The average Bonchev–Trinajstić information content (AvgIpc) is 3.52. The van der Waals surface area contributed by atoms with Gasteiger partial charge in [0.15, 0.2) is 5.16 Å². The van der Waals surface area contributed by atoms with Gasteiger partial charge in [0.2, 0.25) is 5.91 Å². The van der Waals surface area contributed by atoms with Gasteiger partial charge in [-0.1, -0.05) is 36.0 Å². The minimum absolute atomic E-state index is 0.108. The van der Waals surface area contributed by atoms with E-state index in [0.717, 1.165) is 38.9 Å². The number of amides is 1. The number of allylic oxidation sites excluding steroid dienone is 1. The van der Waals surface area contributed by atoms with Crippen molar-refractivity contribution in [2.24, 2.45) is 0 Å². The zero-order valence-electron chi connectivity index (χ0n) is 21.2. The van der Waals surface area contributed by atoms with Crippen molar-refractivity contribution in [2.45, 2.75) is 25.0 Å². The Morgan fingerprint density at radius 3 is 2.63 bits per heavy atom. The maximum atomic E-state index is 12.7. The number of anilines is 1. The monoisotopic (exact) mass is 541 g/mol. The quantitative estimate of drug-likeness (QED) is 0.163. The van der Waals surface area contributed by atoms with Gasteiger partial charge >= 0.3 is 0 Å². The zero-order chi connectivity index (χ0) is 26.5. The molecular weight excluding hydrogens is 514 g/mol. The Morgan fingerprint density at radius 2 is 1.89 bits per heavy atom. The van der Waals surface area contributed by atoms with Crippen LogP contribution in [0, 0.1) is 6.92 Å². The Labute approximate surface area is 229 Å².